The number of amides is 2. The van der Waals surface area contributed by atoms with Gasteiger partial charge in [0.1, 0.15) is 5.82 Å². The Balaban J connectivity index is 1.24. The van der Waals surface area contributed by atoms with Gasteiger partial charge in [-0.15, -0.1) is 0 Å². The smallest absolute Gasteiger partial charge is 0.254 e. The second-order valence-corrected chi connectivity index (χ2v) is 8.57. The number of rotatable bonds is 6. The molecule has 0 aliphatic carbocycles. The number of benzene rings is 2. The minimum absolute atomic E-state index is 0.0172. The van der Waals surface area contributed by atoms with E-state index < -0.39 is 0 Å². The molecule has 0 spiro atoms. The molecular weight excluding hydrogens is 468 g/mol. The first kappa shape index (κ1) is 23.9. The van der Waals surface area contributed by atoms with Gasteiger partial charge in [0.15, 0.2) is 0 Å². The van der Waals surface area contributed by atoms with Crippen molar-refractivity contribution in [1.29, 1.82) is 0 Å². The van der Waals surface area contributed by atoms with Gasteiger partial charge in [-0.2, -0.15) is 0 Å². The quantitative estimate of drug-likeness (QED) is 0.418. The molecule has 1 aliphatic heterocycles. The Bertz CT molecular complexity index is 1390. The van der Waals surface area contributed by atoms with Crippen LogP contribution in [0, 0.1) is 0 Å². The Morgan fingerprint density at radius 3 is 2.41 bits per heavy atom. The van der Waals surface area contributed by atoms with Gasteiger partial charge in [-0.05, 0) is 36.4 Å². The topological polar surface area (TPSA) is 116 Å². The van der Waals surface area contributed by atoms with Crippen LogP contribution in [0.3, 0.4) is 0 Å². The van der Waals surface area contributed by atoms with Gasteiger partial charge in [0.2, 0.25) is 11.9 Å². The third-order valence-corrected chi connectivity index (χ3v) is 5.96. The molecule has 5 rings (SSSR count). The van der Waals surface area contributed by atoms with Crippen LogP contribution in [0.1, 0.15) is 17.3 Å². The number of carbonyl (C=O) groups is 2. The van der Waals surface area contributed by atoms with E-state index in [9.17, 15) is 9.59 Å². The first-order valence-corrected chi connectivity index (χ1v) is 11.9. The summed E-state index contributed by atoms with van der Waals surface area (Å²) in [7, 11) is 0. The van der Waals surface area contributed by atoms with Gasteiger partial charge in [0, 0.05) is 74.2 Å². The summed E-state index contributed by atoms with van der Waals surface area (Å²) in [6.07, 6.45) is 6.75. The van der Waals surface area contributed by atoms with Crippen molar-refractivity contribution in [3.8, 4) is 11.3 Å². The number of carbonyl (C=O) groups excluding carboxylic acids is 2. The van der Waals surface area contributed by atoms with Gasteiger partial charge in [-0.25, -0.2) is 15.0 Å². The SMILES string of the molecule is CC(=O)Nc1ccc(-c2ccnc(Nc3cccc(C(=O)N4CCN(c5cnccn5)CC4)c3)n2)cc1. The number of hydrogen-bond donors (Lipinski definition) is 2. The second-order valence-electron chi connectivity index (χ2n) is 8.57. The summed E-state index contributed by atoms with van der Waals surface area (Å²) in [4.78, 5) is 45.8. The molecular formula is C27H26N8O2. The summed E-state index contributed by atoms with van der Waals surface area (Å²) < 4.78 is 0. The van der Waals surface area contributed by atoms with Gasteiger partial charge in [0.05, 0.1) is 11.9 Å². The van der Waals surface area contributed by atoms with Crippen LogP contribution in [-0.4, -0.2) is 62.8 Å². The maximum Gasteiger partial charge on any atom is 0.254 e. The van der Waals surface area contributed by atoms with Crippen molar-refractivity contribution in [2.45, 2.75) is 6.92 Å². The van der Waals surface area contributed by atoms with Crippen molar-refractivity contribution in [3.63, 3.8) is 0 Å². The lowest BCUT2D eigenvalue weighted by atomic mass is 10.1. The van der Waals surface area contributed by atoms with Crippen molar-refractivity contribution in [1.82, 2.24) is 24.8 Å². The van der Waals surface area contributed by atoms with Crippen molar-refractivity contribution < 1.29 is 9.59 Å². The van der Waals surface area contributed by atoms with Gasteiger partial charge < -0.3 is 20.4 Å². The van der Waals surface area contributed by atoms with Crippen molar-refractivity contribution in [2.24, 2.45) is 0 Å². The molecule has 0 bridgehead atoms. The molecule has 0 saturated carbocycles. The molecule has 1 aliphatic rings. The molecule has 1 fully saturated rings. The molecule has 186 valence electrons. The van der Waals surface area contributed by atoms with Crippen LogP contribution in [0.15, 0.2) is 79.4 Å². The number of anilines is 4. The third kappa shape index (κ3) is 5.87. The van der Waals surface area contributed by atoms with Gasteiger partial charge in [0.25, 0.3) is 5.91 Å². The first-order chi connectivity index (χ1) is 18.0. The highest BCUT2D eigenvalue weighted by Gasteiger charge is 2.23. The van der Waals surface area contributed by atoms with E-state index in [0.717, 1.165) is 28.5 Å². The maximum atomic E-state index is 13.2. The molecule has 2 N–H and O–H groups in total. The van der Waals surface area contributed by atoms with Gasteiger partial charge >= 0.3 is 0 Å². The monoisotopic (exact) mass is 494 g/mol. The second kappa shape index (κ2) is 10.8. The van der Waals surface area contributed by atoms with Crippen LogP contribution >= 0.6 is 0 Å². The van der Waals surface area contributed by atoms with Crippen LogP contribution in [0.5, 0.6) is 0 Å². The van der Waals surface area contributed by atoms with Gasteiger partial charge in [-0.1, -0.05) is 18.2 Å². The average molecular weight is 495 g/mol. The van der Waals surface area contributed by atoms with Gasteiger partial charge in [-0.3, -0.25) is 14.6 Å². The van der Waals surface area contributed by atoms with E-state index in [1.54, 1.807) is 24.8 Å². The number of nitrogens with zero attached hydrogens (tertiary/aromatic N) is 6. The molecule has 0 atom stereocenters. The highest BCUT2D eigenvalue weighted by molar-refractivity contribution is 5.95. The third-order valence-electron chi connectivity index (χ3n) is 5.96. The zero-order valence-corrected chi connectivity index (χ0v) is 20.3. The predicted molar refractivity (Wildman–Crippen MR) is 142 cm³/mol. The summed E-state index contributed by atoms with van der Waals surface area (Å²) in [6, 6.07) is 16.6. The molecule has 4 aromatic rings. The number of aromatic nitrogens is 4. The first-order valence-electron chi connectivity index (χ1n) is 11.9. The van der Waals surface area contributed by atoms with Crippen molar-refractivity contribution >= 4 is 35.0 Å². The Kier molecular flexibility index (Phi) is 6.98. The van der Waals surface area contributed by atoms with Crippen LogP contribution in [0.2, 0.25) is 0 Å². The molecule has 10 nitrogen and oxygen atoms in total. The lowest BCUT2D eigenvalue weighted by Gasteiger charge is -2.35. The molecule has 0 radical (unpaired) electrons. The number of hydrogen-bond acceptors (Lipinski definition) is 8. The van der Waals surface area contributed by atoms with E-state index in [4.69, 9.17) is 0 Å². The van der Waals surface area contributed by atoms with E-state index >= 15 is 0 Å². The zero-order chi connectivity index (χ0) is 25.6. The normalized spacial score (nSPS) is 13.2. The summed E-state index contributed by atoms with van der Waals surface area (Å²) in [5.41, 5.74) is 3.68. The summed E-state index contributed by atoms with van der Waals surface area (Å²) in [6.45, 7) is 4.10. The lowest BCUT2D eigenvalue weighted by Crippen LogP contribution is -2.49. The maximum absolute atomic E-state index is 13.2. The lowest BCUT2D eigenvalue weighted by molar-refractivity contribution is -0.114. The standard InChI is InChI=1S/C27H26N8O2/c1-19(36)31-22-7-5-20(6-8-22)24-9-10-30-27(33-24)32-23-4-2-3-21(17-23)26(37)35-15-13-34(14-16-35)25-18-28-11-12-29-25/h2-12,17-18H,13-16H2,1H3,(H,31,36)(H,30,32,33). The Morgan fingerprint density at radius 1 is 0.865 bits per heavy atom. The Labute approximate surface area is 214 Å². The number of nitrogens with one attached hydrogen (secondary N) is 2. The Hall–Kier alpha value is -4.86. The molecule has 3 heterocycles. The fourth-order valence-electron chi connectivity index (χ4n) is 4.14. The van der Waals surface area contributed by atoms with Crippen molar-refractivity contribution in [3.05, 3.63) is 84.9 Å². The molecule has 1 saturated heterocycles. The van der Waals surface area contributed by atoms with E-state index in [0.29, 0.717) is 37.7 Å². The van der Waals surface area contributed by atoms with E-state index in [1.807, 2.05) is 59.5 Å². The van der Waals surface area contributed by atoms with Crippen LogP contribution in [-0.2, 0) is 4.79 Å². The van der Waals surface area contributed by atoms with Crippen LogP contribution in [0.25, 0.3) is 11.3 Å². The van der Waals surface area contributed by atoms with Crippen LogP contribution < -0.4 is 15.5 Å². The largest absolute Gasteiger partial charge is 0.352 e. The minimum Gasteiger partial charge on any atom is -0.352 e. The molecule has 37 heavy (non-hydrogen) atoms. The van der Waals surface area contributed by atoms with E-state index in [-0.39, 0.29) is 11.8 Å². The fourth-order valence-corrected chi connectivity index (χ4v) is 4.14. The zero-order valence-electron chi connectivity index (χ0n) is 20.3. The molecule has 2 aromatic heterocycles. The Morgan fingerprint density at radius 2 is 1.68 bits per heavy atom. The average Bonchev–Trinajstić information content (AvgIpc) is 2.94. The predicted octanol–water partition coefficient (Wildman–Crippen LogP) is 3.60. The minimum atomic E-state index is -0.119. The van der Waals surface area contributed by atoms with Crippen LogP contribution in [0.4, 0.5) is 23.1 Å². The van der Waals surface area contributed by atoms with Crippen molar-refractivity contribution in [2.75, 3.05) is 41.7 Å². The molecule has 2 aromatic carbocycles. The molecule has 0 unspecified atom stereocenters. The van der Waals surface area contributed by atoms with E-state index in [2.05, 4.69) is 35.5 Å². The highest BCUT2D eigenvalue weighted by Crippen LogP contribution is 2.22. The summed E-state index contributed by atoms with van der Waals surface area (Å²) >= 11 is 0. The highest BCUT2D eigenvalue weighted by atomic mass is 16.2. The number of piperazine rings is 1. The van der Waals surface area contributed by atoms with E-state index in [1.165, 1.54) is 6.92 Å². The summed E-state index contributed by atoms with van der Waals surface area (Å²) in [5.74, 6) is 1.11. The fraction of sp³-hybridized carbons (Fsp3) is 0.185. The molecule has 10 heteroatoms. The summed E-state index contributed by atoms with van der Waals surface area (Å²) in [5, 5.41) is 5.96. The molecule has 2 amide bonds.